The number of hydrogen-bond acceptors (Lipinski definition) is 5. The minimum absolute atomic E-state index is 0.135. The highest BCUT2D eigenvalue weighted by molar-refractivity contribution is 7.15. The largest absolute Gasteiger partial charge is 0.345 e. The molecule has 0 radical (unpaired) electrons. The minimum atomic E-state index is 0.135. The Bertz CT molecular complexity index is 789. The fourth-order valence-corrected chi connectivity index (χ4v) is 6.46. The van der Waals surface area contributed by atoms with Gasteiger partial charge in [0.05, 0.1) is 5.69 Å². The maximum Gasteiger partial charge on any atom is 0.226 e. The molecule has 5 rings (SSSR count). The second-order valence-corrected chi connectivity index (χ2v) is 10.8. The molecule has 1 aromatic heterocycles. The molecule has 2 aliphatic heterocycles. The van der Waals surface area contributed by atoms with Crippen LogP contribution in [0.3, 0.4) is 0 Å². The van der Waals surface area contributed by atoms with Gasteiger partial charge in [-0.3, -0.25) is 9.59 Å². The van der Waals surface area contributed by atoms with Crippen LogP contribution >= 0.6 is 11.3 Å². The van der Waals surface area contributed by atoms with Gasteiger partial charge in [-0.1, -0.05) is 13.3 Å². The molecule has 4 aliphatic rings. The van der Waals surface area contributed by atoms with E-state index in [2.05, 4.69) is 21.6 Å². The number of carbonyl (C=O) groups is 2. The predicted molar refractivity (Wildman–Crippen MR) is 119 cm³/mol. The summed E-state index contributed by atoms with van der Waals surface area (Å²) in [6.45, 7) is 7.53. The number of amides is 2. The van der Waals surface area contributed by atoms with E-state index in [-0.39, 0.29) is 5.92 Å². The molecule has 0 N–H and O–H groups in total. The summed E-state index contributed by atoms with van der Waals surface area (Å²) in [6, 6.07) is 0. The number of aromatic nitrogens is 1. The van der Waals surface area contributed by atoms with Gasteiger partial charge in [0.25, 0.3) is 0 Å². The summed E-state index contributed by atoms with van der Waals surface area (Å²) in [5.41, 5.74) is 1.21. The Morgan fingerprint density at radius 1 is 0.867 bits per heavy atom. The fourth-order valence-electron chi connectivity index (χ4n) is 5.23. The van der Waals surface area contributed by atoms with Crippen molar-refractivity contribution in [3.05, 3.63) is 10.6 Å². The van der Waals surface area contributed by atoms with Crippen LogP contribution in [0.25, 0.3) is 0 Å². The number of rotatable bonds is 3. The van der Waals surface area contributed by atoms with E-state index >= 15 is 0 Å². The Morgan fingerprint density at radius 3 is 2.20 bits per heavy atom. The molecule has 7 heteroatoms. The fraction of sp³-hybridized carbons (Fsp3) is 0.783. The van der Waals surface area contributed by atoms with Gasteiger partial charge >= 0.3 is 0 Å². The van der Waals surface area contributed by atoms with Crippen LogP contribution in [0, 0.1) is 17.8 Å². The molecule has 2 amide bonds. The lowest BCUT2D eigenvalue weighted by atomic mass is 9.84. The minimum Gasteiger partial charge on any atom is -0.345 e. The third-order valence-corrected chi connectivity index (χ3v) is 8.87. The Morgan fingerprint density at radius 2 is 1.53 bits per heavy atom. The molecule has 2 aliphatic carbocycles. The monoisotopic (exact) mass is 430 g/mol. The standard InChI is InChI=1S/C23H34N4O2S/c1-16-7-9-25(10-8-16)22(29)18-5-6-19-20(15-18)30-23(24-19)27-13-11-26(12-14-27)21(28)17-3-2-4-17/h16-18H,2-15H2,1H3/t18-/m1/s1. The summed E-state index contributed by atoms with van der Waals surface area (Å²) >= 11 is 1.78. The van der Waals surface area contributed by atoms with E-state index in [1.165, 1.54) is 17.0 Å². The number of fused-ring (bicyclic) bond motifs is 1. The van der Waals surface area contributed by atoms with Crippen molar-refractivity contribution in [1.82, 2.24) is 14.8 Å². The molecule has 3 fully saturated rings. The van der Waals surface area contributed by atoms with Crippen LogP contribution in [0.2, 0.25) is 0 Å². The molecule has 1 atom stereocenters. The molecule has 30 heavy (non-hydrogen) atoms. The van der Waals surface area contributed by atoms with Crippen molar-refractivity contribution >= 4 is 28.3 Å². The molecular weight excluding hydrogens is 396 g/mol. The van der Waals surface area contributed by atoms with Crippen molar-refractivity contribution in [3.8, 4) is 0 Å². The lowest BCUT2D eigenvalue weighted by Crippen LogP contribution is -2.51. The molecule has 0 aromatic carbocycles. The number of anilines is 1. The zero-order valence-electron chi connectivity index (χ0n) is 18.1. The number of piperidine rings is 1. The van der Waals surface area contributed by atoms with Crippen LogP contribution in [-0.2, 0) is 22.4 Å². The van der Waals surface area contributed by atoms with Crippen molar-refractivity contribution in [2.24, 2.45) is 17.8 Å². The highest BCUT2D eigenvalue weighted by Gasteiger charge is 2.34. The number of nitrogens with zero attached hydrogens (tertiary/aromatic N) is 4. The molecule has 0 spiro atoms. The lowest BCUT2D eigenvalue weighted by molar-refractivity contribution is -0.138. The summed E-state index contributed by atoms with van der Waals surface area (Å²) < 4.78 is 0. The third-order valence-electron chi connectivity index (χ3n) is 7.69. The summed E-state index contributed by atoms with van der Waals surface area (Å²) in [5, 5.41) is 1.09. The van der Waals surface area contributed by atoms with Gasteiger partial charge in [0.1, 0.15) is 0 Å². The first-order valence-electron chi connectivity index (χ1n) is 11.9. The van der Waals surface area contributed by atoms with Gasteiger partial charge in [-0.05, 0) is 50.9 Å². The number of aryl methyl sites for hydroxylation is 1. The number of thiazole rings is 1. The Kier molecular flexibility index (Phi) is 5.73. The van der Waals surface area contributed by atoms with Crippen molar-refractivity contribution in [2.75, 3.05) is 44.2 Å². The highest BCUT2D eigenvalue weighted by Crippen LogP contribution is 2.36. The SMILES string of the molecule is CC1CCN(C(=O)[C@@H]2CCc3nc(N4CCN(C(=O)C5CCC5)CC4)sc3C2)CC1. The second-order valence-electron chi connectivity index (χ2n) is 9.75. The predicted octanol–water partition coefficient (Wildman–Crippen LogP) is 2.96. The number of carbonyl (C=O) groups excluding carboxylic acids is 2. The first-order valence-corrected chi connectivity index (χ1v) is 12.7. The Hall–Kier alpha value is -1.63. The lowest BCUT2D eigenvalue weighted by Gasteiger charge is -2.38. The van der Waals surface area contributed by atoms with Crippen molar-refractivity contribution in [1.29, 1.82) is 0 Å². The molecule has 3 heterocycles. The van der Waals surface area contributed by atoms with Gasteiger partial charge < -0.3 is 14.7 Å². The molecule has 2 saturated heterocycles. The summed E-state index contributed by atoms with van der Waals surface area (Å²) in [6.07, 6.45) is 8.37. The van der Waals surface area contributed by atoms with Crippen LogP contribution in [0.4, 0.5) is 5.13 Å². The molecule has 1 aromatic rings. The van der Waals surface area contributed by atoms with E-state index in [1.54, 1.807) is 11.3 Å². The molecular formula is C23H34N4O2S. The van der Waals surface area contributed by atoms with E-state index in [1.807, 2.05) is 0 Å². The van der Waals surface area contributed by atoms with E-state index in [0.29, 0.717) is 17.7 Å². The van der Waals surface area contributed by atoms with E-state index in [9.17, 15) is 9.59 Å². The molecule has 6 nitrogen and oxygen atoms in total. The number of hydrogen-bond donors (Lipinski definition) is 0. The van der Waals surface area contributed by atoms with E-state index in [0.717, 1.165) is 95.3 Å². The number of piperazine rings is 1. The molecule has 0 unspecified atom stereocenters. The van der Waals surface area contributed by atoms with Gasteiger partial charge in [0.15, 0.2) is 5.13 Å². The average Bonchev–Trinajstić information content (AvgIpc) is 3.16. The first-order chi connectivity index (χ1) is 14.6. The topological polar surface area (TPSA) is 56.8 Å². The maximum absolute atomic E-state index is 13.0. The second kappa shape index (κ2) is 8.48. The zero-order valence-corrected chi connectivity index (χ0v) is 19.0. The summed E-state index contributed by atoms with van der Waals surface area (Å²) in [4.78, 5) is 38.3. The Labute approximate surface area is 183 Å². The zero-order chi connectivity index (χ0) is 20.7. The smallest absolute Gasteiger partial charge is 0.226 e. The normalized spacial score (nSPS) is 25.8. The first kappa shape index (κ1) is 20.3. The van der Waals surface area contributed by atoms with Crippen molar-refractivity contribution in [2.45, 2.75) is 58.3 Å². The molecule has 0 bridgehead atoms. The van der Waals surface area contributed by atoms with Crippen LogP contribution < -0.4 is 4.90 Å². The summed E-state index contributed by atoms with van der Waals surface area (Å²) in [5.74, 6) is 1.91. The Balaban J connectivity index is 1.17. The van der Waals surface area contributed by atoms with Gasteiger partial charge in [-0.15, -0.1) is 11.3 Å². The third kappa shape index (κ3) is 3.97. The summed E-state index contributed by atoms with van der Waals surface area (Å²) in [7, 11) is 0. The van der Waals surface area contributed by atoms with Gasteiger partial charge in [-0.25, -0.2) is 4.98 Å². The van der Waals surface area contributed by atoms with Crippen LogP contribution in [-0.4, -0.2) is 65.9 Å². The highest BCUT2D eigenvalue weighted by atomic mass is 32.1. The molecule has 1 saturated carbocycles. The molecule has 164 valence electrons. The number of likely N-dealkylation sites (tertiary alicyclic amines) is 1. The van der Waals surface area contributed by atoms with Crippen molar-refractivity contribution in [3.63, 3.8) is 0 Å². The van der Waals surface area contributed by atoms with Gasteiger partial charge in [0, 0.05) is 56.0 Å². The van der Waals surface area contributed by atoms with Crippen LogP contribution in [0.1, 0.15) is 56.0 Å². The van der Waals surface area contributed by atoms with Gasteiger partial charge in [-0.2, -0.15) is 0 Å². The average molecular weight is 431 g/mol. The van der Waals surface area contributed by atoms with E-state index in [4.69, 9.17) is 4.98 Å². The van der Waals surface area contributed by atoms with Crippen molar-refractivity contribution < 1.29 is 9.59 Å². The van der Waals surface area contributed by atoms with Crippen LogP contribution in [0.15, 0.2) is 0 Å². The van der Waals surface area contributed by atoms with Gasteiger partial charge in [0.2, 0.25) is 11.8 Å². The maximum atomic E-state index is 13.0. The van der Waals surface area contributed by atoms with E-state index < -0.39 is 0 Å². The quantitative estimate of drug-likeness (QED) is 0.740. The van der Waals surface area contributed by atoms with Crippen LogP contribution in [0.5, 0.6) is 0 Å².